The van der Waals surface area contributed by atoms with Crippen molar-refractivity contribution in [3.63, 3.8) is 0 Å². The molecule has 9 nitrogen and oxygen atoms in total. The van der Waals surface area contributed by atoms with Crippen LogP contribution in [-0.2, 0) is 26.4 Å². The van der Waals surface area contributed by atoms with E-state index in [0.717, 1.165) is 38.9 Å². The zero-order valence-corrected chi connectivity index (χ0v) is 31.2. The first-order valence-electron chi connectivity index (χ1n) is 18.5. The Morgan fingerprint density at radius 2 is 1.16 bits per heavy atom. The third-order valence-electron chi connectivity index (χ3n) is 10.2. The van der Waals surface area contributed by atoms with E-state index in [4.69, 9.17) is 14.2 Å². The van der Waals surface area contributed by atoms with Gasteiger partial charge in [-0.25, -0.2) is 4.79 Å². The number of nitrogens with one attached hydrogen (secondary N) is 3. The second kappa shape index (κ2) is 17.1. The number of hydrogen-bond acceptors (Lipinski definition) is 6. The van der Waals surface area contributed by atoms with E-state index in [9.17, 15) is 14.4 Å². The van der Waals surface area contributed by atoms with Gasteiger partial charge in [0.05, 0.1) is 20.6 Å². The highest BCUT2D eigenvalue weighted by Gasteiger charge is 2.39. The fourth-order valence-electron chi connectivity index (χ4n) is 7.52. The number of fused-ring (bicyclic) bond motifs is 3. The number of carbonyl (C=O) groups excluding carboxylic acids is 3. The fraction of sp³-hybridized carbons (Fsp3) is 0.170. The van der Waals surface area contributed by atoms with Crippen LogP contribution in [0.4, 0.5) is 4.79 Å². The minimum absolute atomic E-state index is 0.0442. The lowest BCUT2D eigenvalue weighted by Gasteiger charge is -2.37. The molecule has 1 aliphatic rings. The van der Waals surface area contributed by atoms with Crippen LogP contribution in [0.15, 0.2) is 158 Å². The van der Waals surface area contributed by atoms with Gasteiger partial charge in [-0.1, -0.05) is 140 Å². The smallest absolute Gasteiger partial charge is 0.407 e. The highest BCUT2D eigenvalue weighted by molar-refractivity contribution is 5.91. The Labute approximate surface area is 326 Å². The van der Waals surface area contributed by atoms with Gasteiger partial charge >= 0.3 is 6.09 Å². The topological polar surface area (TPSA) is 115 Å². The number of ether oxygens (including phenoxy) is 3. The summed E-state index contributed by atoms with van der Waals surface area (Å²) < 4.78 is 16.7. The Balaban J connectivity index is 1.16. The molecule has 0 radical (unpaired) electrons. The molecule has 9 heteroatoms. The average Bonchev–Trinajstić information content (AvgIpc) is 3.58. The molecule has 0 unspecified atom stereocenters. The van der Waals surface area contributed by atoms with E-state index in [1.54, 1.807) is 25.3 Å². The van der Waals surface area contributed by atoms with Crippen LogP contribution in [0.1, 0.15) is 45.7 Å². The van der Waals surface area contributed by atoms with E-state index in [-0.39, 0.29) is 25.5 Å². The molecule has 0 fully saturated rings. The second-order valence-electron chi connectivity index (χ2n) is 13.5. The number of alkyl carbamates (subject to hydrolysis) is 1. The molecule has 1 atom stereocenters. The highest BCUT2D eigenvalue weighted by Crippen LogP contribution is 2.44. The van der Waals surface area contributed by atoms with Gasteiger partial charge in [-0.2, -0.15) is 0 Å². The molecule has 0 spiro atoms. The number of rotatable bonds is 14. The van der Waals surface area contributed by atoms with Crippen molar-refractivity contribution < 1.29 is 28.6 Å². The van der Waals surface area contributed by atoms with Crippen molar-refractivity contribution in [3.8, 4) is 22.6 Å². The molecule has 0 aliphatic heterocycles. The van der Waals surface area contributed by atoms with Gasteiger partial charge in [0.2, 0.25) is 11.8 Å². The third kappa shape index (κ3) is 7.84. The lowest BCUT2D eigenvalue weighted by molar-refractivity contribution is -0.129. The van der Waals surface area contributed by atoms with Crippen molar-refractivity contribution >= 4 is 17.9 Å². The summed E-state index contributed by atoms with van der Waals surface area (Å²) in [5.74, 6) is -0.114. The largest absolute Gasteiger partial charge is 0.497 e. The van der Waals surface area contributed by atoms with E-state index >= 15 is 0 Å². The van der Waals surface area contributed by atoms with Gasteiger partial charge in [-0.3, -0.25) is 9.59 Å². The maximum Gasteiger partial charge on any atom is 0.407 e. The molecule has 6 aromatic carbocycles. The monoisotopic (exact) mass is 745 g/mol. The number of amides is 3. The fourth-order valence-corrected chi connectivity index (χ4v) is 7.52. The van der Waals surface area contributed by atoms with Crippen LogP contribution in [0.5, 0.6) is 11.5 Å². The van der Waals surface area contributed by atoms with Crippen molar-refractivity contribution in [2.24, 2.45) is 0 Å². The molecule has 3 N–H and O–H groups in total. The number of hydrogen-bond donors (Lipinski definition) is 3. The summed E-state index contributed by atoms with van der Waals surface area (Å²) in [6, 6.07) is 49.1. The van der Waals surface area contributed by atoms with Gasteiger partial charge in [0.15, 0.2) is 0 Å². The number of methoxy groups -OCH3 is 2. The molecule has 1 aliphatic carbocycles. The molecule has 0 bridgehead atoms. The van der Waals surface area contributed by atoms with Gasteiger partial charge in [-0.15, -0.1) is 0 Å². The lowest BCUT2D eigenvalue weighted by atomic mass is 9.77. The van der Waals surface area contributed by atoms with Gasteiger partial charge < -0.3 is 30.2 Å². The molecule has 3 amide bonds. The standard InChI is InChI=1S/C47H43N3O6/c1-54-36-27-26-32(43(28-36)55-2)30-48-45(52)42(49-46(53)56-31-41-39-24-14-12-22-37(39)38-23-13-15-25-40(38)41)29-44(51)50-47(33-16-6-3-7-17-33,34-18-8-4-9-19-34)35-20-10-5-11-21-35/h3-28,41-42H,29-31H2,1-2H3,(H,48,52)(H,49,53)(H,50,51)/t42-/m0/s1. The average molecular weight is 746 g/mol. The molecular weight excluding hydrogens is 703 g/mol. The Hall–Kier alpha value is -6.87. The van der Waals surface area contributed by atoms with Crippen LogP contribution in [0, 0.1) is 0 Å². The minimum atomic E-state index is -1.30. The molecule has 7 rings (SSSR count). The van der Waals surface area contributed by atoms with E-state index in [2.05, 4.69) is 28.1 Å². The zero-order chi connectivity index (χ0) is 38.9. The third-order valence-corrected chi connectivity index (χ3v) is 10.2. The predicted octanol–water partition coefficient (Wildman–Crippen LogP) is 7.73. The highest BCUT2D eigenvalue weighted by atomic mass is 16.5. The summed E-state index contributed by atoms with van der Waals surface area (Å²) in [7, 11) is 3.09. The van der Waals surface area contributed by atoms with Crippen LogP contribution in [0.3, 0.4) is 0 Å². The first-order valence-corrected chi connectivity index (χ1v) is 18.5. The Morgan fingerprint density at radius 3 is 1.68 bits per heavy atom. The molecule has 0 saturated carbocycles. The van der Waals surface area contributed by atoms with Crippen molar-refractivity contribution in [1.82, 2.24) is 16.0 Å². The summed E-state index contributed by atoms with van der Waals surface area (Å²) in [5.41, 5.74) is 6.33. The van der Waals surface area contributed by atoms with Crippen molar-refractivity contribution in [1.29, 1.82) is 0 Å². The number of benzene rings is 6. The van der Waals surface area contributed by atoms with Gasteiger partial charge in [-0.05, 0) is 51.1 Å². The SMILES string of the molecule is COc1ccc(CNC(=O)[C@H](CC(=O)NC(c2ccccc2)(c2ccccc2)c2ccccc2)NC(=O)OCC2c3ccccc3-c3ccccc32)c(OC)c1. The Kier molecular flexibility index (Phi) is 11.4. The molecule has 0 saturated heterocycles. The summed E-state index contributed by atoms with van der Waals surface area (Å²) in [4.78, 5) is 42.1. The summed E-state index contributed by atoms with van der Waals surface area (Å²) >= 11 is 0. The van der Waals surface area contributed by atoms with E-state index < -0.39 is 29.5 Å². The maximum atomic E-state index is 14.4. The van der Waals surface area contributed by atoms with Crippen molar-refractivity contribution in [3.05, 3.63) is 191 Å². The molecule has 0 aromatic heterocycles. The lowest BCUT2D eigenvalue weighted by Crippen LogP contribution is -2.53. The van der Waals surface area contributed by atoms with Crippen LogP contribution in [-0.4, -0.2) is 44.8 Å². The summed E-state index contributed by atoms with van der Waals surface area (Å²) in [5, 5.41) is 8.91. The van der Waals surface area contributed by atoms with Gasteiger partial charge in [0.25, 0.3) is 0 Å². The molecule has 282 valence electrons. The van der Waals surface area contributed by atoms with Crippen molar-refractivity contribution in [2.75, 3.05) is 20.8 Å². The maximum absolute atomic E-state index is 14.4. The zero-order valence-electron chi connectivity index (χ0n) is 31.2. The molecular formula is C47H43N3O6. The quantitative estimate of drug-likeness (QED) is 0.0985. The van der Waals surface area contributed by atoms with Crippen LogP contribution in [0.25, 0.3) is 11.1 Å². The van der Waals surface area contributed by atoms with Crippen LogP contribution < -0.4 is 25.4 Å². The molecule has 56 heavy (non-hydrogen) atoms. The van der Waals surface area contributed by atoms with E-state index in [1.807, 2.05) is 127 Å². The first kappa shape index (κ1) is 37.4. The first-order chi connectivity index (χ1) is 27.4. The van der Waals surface area contributed by atoms with Crippen LogP contribution in [0.2, 0.25) is 0 Å². The van der Waals surface area contributed by atoms with Gasteiger partial charge in [0.1, 0.15) is 29.7 Å². The molecule has 6 aromatic rings. The van der Waals surface area contributed by atoms with E-state index in [0.29, 0.717) is 17.1 Å². The Bertz CT molecular complexity index is 2160. The predicted molar refractivity (Wildman–Crippen MR) is 215 cm³/mol. The normalized spacial score (nSPS) is 12.4. The summed E-state index contributed by atoms with van der Waals surface area (Å²) in [6.45, 7) is 0.112. The van der Waals surface area contributed by atoms with Crippen LogP contribution >= 0.6 is 0 Å². The molecule has 0 heterocycles. The minimum Gasteiger partial charge on any atom is -0.497 e. The van der Waals surface area contributed by atoms with Gasteiger partial charge in [0, 0.05) is 24.1 Å². The summed E-state index contributed by atoms with van der Waals surface area (Å²) in [6.07, 6.45) is -1.20. The van der Waals surface area contributed by atoms with E-state index in [1.165, 1.54) is 7.11 Å². The van der Waals surface area contributed by atoms with Crippen molar-refractivity contribution in [2.45, 2.75) is 30.5 Å². The second-order valence-corrected chi connectivity index (χ2v) is 13.5. The Morgan fingerprint density at radius 1 is 0.643 bits per heavy atom. The number of carbonyl (C=O) groups is 3.